The number of aromatic nitrogens is 1. The predicted octanol–water partition coefficient (Wildman–Crippen LogP) is 3.36. The molecule has 1 amide bonds. The Hall–Kier alpha value is -1.95. The van der Waals surface area contributed by atoms with Gasteiger partial charge in [-0.05, 0) is 49.7 Å². The molecule has 1 saturated heterocycles. The van der Waals surface area contributed by atoms with Gasteiger partial charge in [0.15, 0.2) is 0 Å². The van der Waals surface area contributed by atoms with Gasteiger partial charge in [0.2, 0.25) is 5.91 Å². The van der Waals surface area contributed by atoms with Crippen molar-refractivity contribution in [3.05, 3.63) is 64.9 Å². The molecule has 0 aliphatic carbocycles. The van der Waals surface area contributed by atoms with Gasteiger partial charge in [-0.2, -0.15) is 0 Å². The molecule has 2 atom stereocenters. The summed E-state index contributed by atoms with van der Waals surface area (Å²) in [5.74, 6) is 0.0600. The second kappa shape index (κ2) is 10.0. The van der Waals surface area contributed by atoms with Gasteiger partial charge in [0, 0.05) is 56.1 Å². The van der Waals surface area contributed by atoms with Crippen molar-refractivity contribution < 1.29 is 4.79 Å². The lowest BCUT2D eigenvalue weighted by Crippen LogP contribution is -2.48. The molecule has 0 saturated carbocycles. The number of benzene rings is 1. The molecule has 1 aromatic carbocycles. The Morgan fingerprint density at radius 1 is 1.14 bits per heavy atom. The Balaban J connectivity index is 1.60. The first kappa shape index (κ1) is 20.8. The maximum absolute atomic E-state index is 12.7. The third-order valence-electron chi connectivity index (χ3n) is 5.48. The second-order valence-corrected chi connectivity index (χ2v) is 8.00. The molecule has 28 heavy (non-hydrogen) atoms. The Labute approximate surface area is 172 Å². The first-order valence-corrected chi connectivity index (χ1v) is 10.3. The van der Waals surface area contributed by atoms with Gasteiger partial charge in [0.05, 0.1) is 6.04 Å². The van der Waals surface area contributed by atoms with E-state index in [1.807, 2.05) is 36.4 Å². The van der Waals surface area contributed by atoms with Crippen LogP contribution in [0.25, 0.3) is 0 Å². The standard InChI is InChI=1S/C22H29ClN4O/c1-17(27-14-12-26(2)13-15-27)5-10-21(28)25-22(19-4-3-11-24-16-19)18-6-8-20(23)9-7-18/h3-4,6-9,11,16-17,22H,5,10,12-15H2,1-2H3,(H,25,28)/t17-,22+/m0/s1. The number of pyridine rings is 1. The number of nitrogens with one attached hydrogen (secondary N) is 1. The van der Waals surface area contributed by atoms with Crippen LogP contribution in [0.3, 0.4) is 0 Å². The summed E-state index contributed by atoms with van der Waals surface area (Å²) in [6.07, 6.45) is 4.90. The maximum atomic E-state index is 12.7. The van der Waals surface area contributed by atoms with Gasteiger partial charge in [-0.1, -0.05) is 29.8 Å². The molecule has 2 aromatic rings. The Bertz CT molecular complexity index is 745. The molecule has 2 heterocycles. The van der Waals surface area contributed by atoms with Gasteiger partial charge in [-0.25, -0.2) is 0 Å². The van der Waals surface area contributed by atoms with Crippen LogP contribution >= 0.6 is 11.6 Å². The molecular formula is C22H29ClN4O. The molecule has 3 rings (SSSR count). The Morgan fingerprint density at radius 2 is 1.86 bits per heavy atom. The van der Waals surface area contributed by atoms with E-state index in [4.69, 9.17) is 11.6 Å². The molecular weight excluding hydrogens is 372 g/mol. The molecule has 1 aliphatic rings. The number of carbonyl (C=O) groups excluding carboxylic acids is 1. The highest BCUT2D eigenvalue weighted by atomic mass is 35.5. The van der Waals surface area contributed by atoms with Crippen LogP contribution in [0.5, 0.6) is 0 Å². The van der Waals surface area contributed by atoms with Crippen molar-refractivity contribution in [1.29, 1.82) is 0 Å². The van der Waals surface area contributed by atoms with Crippen LogP contribution < -0.4 is 5.32 Å². The van der Waals surface area contributed by atoms with E-state index in [1.165, 1.54) is 0 Å². The molecule has 0 radical (unpaired) electrons. The SMILES string of the molecule is C[C@@H](CCC(=O)N[C@H](c1ccc(Cl)cc1)c1cccnc1)N1CCN(C)CC1. The van der Waals surface area contributed by atoms with Gasteiger partial charge in [-0.3, -0.25) is 14.7 Å². The van der Waals surface area contributed by atoms with E-state index in [1.54, 1.807) is 12.4 Å². The van der Waals surface area contributed by atoms with Crippen LogP contribution in [0, 0.1) is 0 Å². The number of amides is 1. The number of rotatable bonds is 7. The fourth-order valence-electron chi connectivity index (χ4n) is 3.58. The van der Waals surface area contributed by atoms with Crippen molar-refractivity contribution in [2.24, 2.45) is 0 Å². The minimum Gasteiger partial charge on any atom is -0.345 e. The number of halogens is 1. The lowest BCUT2D eigenvalue weighted by molar-refractivity contribution is -0.122. The van der Waals surface area contributed by atoms with Gasteiger partial charge >= 0.3 is 0 Å². The topological polar surface area (TPSA) is 48.5 Å². The zero-order valence-electron chi connectivity index (χ0n) is 16.6. The molecule has 0 unspecified atom stereocenters. The van der Waals surface area contributed by atoms with Crippen molar-refractivity contribution in [1.82, 2.24) is 20.1 Å². The number of likely N-dealkylation sites (N-methyl/N-ethyl adjacent to an activating group) is 1. The predicted molar refractivity (Wildman–Crippen MR) is 113 cm³/mol. The molecule has 1 N–H and O–H groups in total. The Morgan fingerprint density at radius 3 is 2.50 bits per heavy atom. The van der Waals surface area contributed by atoms with Crippen LogP contribution in [0.15, 0.2) is 48.8 Å². The van der Waals surface area contributed by atoms with E-state index in [0.29, 0.717) is 17.5 Å². The molecule has 0 bridgehead atoms. The summed E-state index contributed by atoms with van der Waals surface area (Å²) in [4.78, 5) is 21.8. The van der Waals surface area contributed by atoms with E-state index in [9.17, 15) is 4.79 Å². The highest BCUT2D eigenvalue weighted by molar-refractivity contribution is 6.30. The van der Waals surface area contributed by atoms with Gasteiger partial charge in [0.1, 0.15) is 0 Å². The summed E-state index contributed by atoms with van der Waals surface area (Å²) in [5, 5.41) is 3.87. The molecule has 6 heteroatoms. The van der Waals surface area contributed by atoms with Crippen molar-refractivity contribution in [2.45, 2.75) is 31.8 Å². The minimum atomic E-state index is -0.225. The van der Waals surface area contributed by atoms with E-state index < -0.39 is 0 Å². The lowest BCUT2D eigenvalue weighted by Gasteiger charge is -2.36. The fourth-order valence-corrected chi connectivity index (χ4v) is 3.71. The quantitative estimate of drug-likeness (QED) is 0.774. The molecule has 1 aliphatic heterocycles. The van der Waals surface area contributed by atoms with Crippen molar-refractivity contribution in [2.75, 3.05) is 33.2 Å². The molecule has 5 nitrogen and oxygen atoms in total. The van der Waals surface area contributed by atoms with Gasteiger partial charge < -0.3 is 10.2 Å². The molecule has 0 spiro atoms. The van der Waals surface area contributed by atoms with Gasteiger partial charge in [0.25, 0.3) is 0 Å². The average molecular weight is 401 g/mol. The van der Waals surface area contributed by atoms with Gasteiger partial charge in [-0.15, -0.1) is 0 Å². The summed E-state index contributed by atoms with van der Waals surface area (Å²) < 4.78 is 0. The van der Waals surface area contributed by atoms with E-state index in [-0.39, 0.29) is 11.9 Å². The first-order valence-electron chi connectivity index (χ1n) is 9.90. The molecule has 1 fully saturated rings. The maximum Gasteiger partial charge on any atom is 0.220 e. The number of piperazine rings is 1. The summed E-state index contributed by atoms with van der Waals surface area (Å²) in [6, 6.07) is 11.7. The normalized spacial score (nSPS) is 17.8. The third-order valence-corrected chi connectivity index (χ3v) is 5.73. The zero-order valence-corrected chi connectivity index (χ0v) is 17.4. The zero-order chi connectivity index (χ0) is 19.9. The molecule has 1 aromatic heterocycles. The van der Waals surface area contributed by atoms with Crippen LogP contribution in [0.4, 0.5) is 0 Å². The number of nitrogens with zero attached hydrogens (tertiary/aromatic N) is 3. The molecule has 150 valence electrons. The largest absolute Gasteiger partial charge is 0.345 e. The van der Waals surface area contributed by atoms with Crippen molar-refractivity contribution in [3.8, 4) is 0 Å². The summed E-state index contributed by atoms with van der Waals surface area (Å²) in [5.41, 5.74) is 1.96. The average Bonchev–Trinajstić information content (AvgIpc) is 2.72. The van der Waals surface area contributed by atoms with Crippen molar-refractivity contribution >= 4 is 17.5 Å². The summed E-state index contributed by atoms with van der Waals surface area (Å²) >= 11 is 6.03. The highest BCUT2D eigenvalue weighted by Gasteiger charge is 2.21. The van der Waals surface area contributed by atoms with E-state index >= 15 is 0 Å². The number of carbonyl (C=O) groups is 1. The van der Waals surface area contributed by atoms with Crippen LogP contribution in [-0.4, -0.2) is 60.0 Å². The monoisotopic (exact) mass is 400 g/mol. The van der Waals surface area contributed by atoms with E-state index in [2.05, 4.69) is 34.1 Å². The summed E-state index contributed by atoms with van der Waals surface area (Å²) in [6.45, 7) is 6.55. The van der Waals surface area contributed by atoms with E-state index in [0.717, 1.165) is 43.7 Å². The van der Waals surface area contributed by atoms with Crippen molar-refractivity contribution in [3.63, 3.8) is 0 Å². The first-order chi connectivity index (χ1) is 13.5. The Kier molecular flexibility index (Phi) is 7.43. The fraction of sp³-hybridized carbons (Fsp3) is 0.455. The lowest BCUT2D eigenvalue weighted by atomic mass is 9.99. The van der Waals surface area contributed by atoms with Crippen LogP contribution in [0.1, 0.15) is 36.9 Å². The third kappa shape index (κ3) is 5.77. The highest BCUT2D eigenvalue weighted by Crippen LogP contribution is 2.23. The smallest absolute Gasteiger partial charge is 0.220 e. The number of hydrogen-bond acceptors (Lipinski definition) is 4. The summed E-state index contributed by atoms with van der Waals surface area (Å²) in [7, 11) is 2.16. The number of hydrogen-bond donors (Lipinski definition) is 1. The second-order valence-electron chi connectivity index (χ2n) is 7.57. The van der Waals surface area contributed by atoms with Crippen LogP contribution in [-0.2, 0) is 4.79 Å². The minimum absolute atomic E-state index is 0.0600. The van der Waals surface area contributed by atoms with Crippen LogP contribution in [0.2, 0.25) is 5.02 Å².